The number of hydrogen-bond acceptors (Lipinski definition) is 5. The van der Waals surface area contributed by atoms with E-state index in [0.29, 0.717) is 37.6 Å². The minimum Gasteiger partial charge on any atom is -0.395 e. The van der Waals surface area contributed by atoms with E-state index in [2.05, 4.69) is 10.4 Å². The van der Waals surface area contributed by atoms with Gasteiger partial charge in [-0.15, -0.1) is 0 Å². The Labute approximate surface area is 118 Å². The van der Waals surface area contributed by atoms with Crippen LogP contribution in [0.3, 0.4) is 0 Å². The van der Waals surface area contributed by atoms with Crippen molar-refractivity contribution in [3.63, 3.8) is 0 Å². The van der Waals surface area contributed by atoms with Crippen molar-refractivity contribution in [2.75, 3.05) is 32.6 Å². The largest absolute Gasteiger partial charge is 0.395 e. The molecule has 112 valence electrons. The van der Waals surface area contributed by atoms with E-state index in [4.69, 9.17) is 15.2 Å². The van der Waals surface area contributed by atoms with Crippen molar-refractivity contribution in [3.8, 4) is 0 Å². The van der Waals surface area contributed by atoms with Crippen molar-refractivity contribution >= 4 is 11.6 Å². The van der Waals surface area contributed by atoms with E-state index in [-0.39, 0.29) is 5.91 Å². The standard InChI is InChI=1S/C13H22N4O3/c1-4-9-10(14)11(17(2)16-9)12(18)15-7-13(19-3)5-6-20-8-13/h4-8,14H2,1-3H3,(H,15,18). The number of methoxy groups -OCH3 is 1. The van der Waals surface area contributed by atoms with Crippen molar-refractivity contribution in [2.45, 2.75) is 25.4 Å². The summed E-state index contributed by atoms with van der Waals surface area (Å²) < 4.78 is 12.3. The van der Waals surface area contributed by atoms with Crippen LogP contribution in [0.1, 0.15) is 29.5 Å². The second-order valence-corrected chi connectivity index (χ2v) is 5.06. The average molecular weight is 282 g/mol. The average Bonchev–Trinajstić information content (AvgIpc) is 3.02. The lowest BCUT2D eigenvalue weighted by Gasteiger charge is -2.25. The summed E-state index contributed by atoms with van der Waals surface area (Å²) in [5.74, 6) is -0.236. The Hall–Kier alpha value is -1.60. The summed E-state index contributed by atoms with van der Waals surface area (Å²) >= 11 is 0. The third-order valence-corrected chi connectivity index (χ3v) is 3.78. The Morgan fingerprint density at radius 2 is 2.40 bits per heavy atom. The fourth-order valence-corrected chi connectivity index (χ4v) is 2.41. The molecule has 0 bridgehead atoms. The second-order valence-electron chi connectivity index (χ2n) is 5.06. The molecule has 1 unspecified atom stereocenters. The number of nitrogens with two attached hydrogens (primary N) is 1. The molecule has 3 N–H and O–H groups in total. The van der Waals surface area contributed by atoms with Gasteiger partial charge in [-0.2, -0.15) is 5.10 Å². The monoisotopic (exact) mass is 282 g/mol. The molecule has 0 radical (unpaired) electrons. The summed E-state index contributed by atoms with van der Waals surface area (Å²) in [5, 5.41) is 7.11. The zero-order valence-corrected chi connectivity index (χ0v) is 12.2. The van der Waals surface area contributed by atoms with Gasteiger partial charge in [0.05, 0.1) is 18.0 Å². The van der Waals surface area contributed by atoms with E-state index in [1.807, 2.05) is 6.92 Å². The summed E-state index contributed by atoms with van der Waals surface area (Å²) in [5.41, 5.74) is 7.11. The number of hydrogen-bond donors (Lipinski definition) is 2. The Morgan fingerprint density at radius 1 is 1.65 bits per heavy atom. The number of carbonyl (C=O) groups excluding carboxylic acids is 1. The number of nitrogen functional groups attached to an aromatic ring is 1. The molecule has 1 aliphatic heterocycles. The van der Waals surface area contributed by atoms with E-state index < -0.39 is 5.60 Å². The minimum atomic E-state index is -0.434. The van der Waals surface area contributed by atoms with Gasteiger partial charge < -0.3 is 20.5 Å². The van der Waals surface area contributed by atoms with E-state index in [1.54, 1.807) is 14.2 Å². The topological polar surface area (TPSA) is 91.4 Å². The number of nitrogens with one attached hydrogen (secondary N) is 1. The van der Waals surface area contributed by atoms with Crippen molar-refractivity contribution in [3.05, 3.63) is 11.4 Å². The Balaban J connectivity index is 2.07. The maximum absolute atomic E-state index is 12.3. The number of nitrogens with zero attached hydrogens (tertiary/aromatic N) is 2. The fourth-order valence-electron chi connectivity index (χ4n) is 2.41. The van der Waals surface area contributed by atoms with Gasteiger partial charge in [-0.05, 0) is 6.42 Å². The van der Waals surface area contributed by atoms with E-state index >= 15 is 0 Å². The molecule has 2 rings (SSSR count). The molecule has 20 heavy (non-hydrogen) atoms. The van der Waals surface area contributed by atoms with Gasteiger partial charge in [0.15, 0.2) is 0 Å². The van der Waals surface area contributed by atoms with E-state index in [1.165, 1.54) is 4.68 Å². The van der Waals surface area contributed by atoms with Crippen molar-refractivity contribution in [1.29, 1.82) is 0 Å². The number of rotatable bonds is 5. The van der Waals surface area contributed by atoms with Gasteiger partial charge in [0.2, 0.25) is 0 Å². The van der Waals surface area contributed by atoms with Crippen LogP contribution in [0.4, 0.5) is 5.69 Å². The summed E-state index contributed by atoms with van der Waals surface area (Å²) in [6.07, 6.45) is 1.47. The highest BCUT2D eigenvalue weighted by molar-refractivity contribution is 5.98. The number of amides is 1. The van der Waals surface area contributed by atoms with Gasteiger partial charge in [-0.25, -0.2) is 0 Å². The predicted octanol–water partition coefficient (Wildman–Crippen LogP) is 0.100. The molecule has 1 atom stereocenters. The summed E-state index contributed by atoms with van der Waals surface area (Å²) in [6, 6.07) is 0. The molecule has 1 aromatic rings. The van der Waals surface area contributed by atoms with Crippen LogP contribution >= 0.6 is 0 Å². The summed E-state index contributed by atoms with van der Waals surface area (Å²) in [4.78, 5) is 12.3. The lowest BCUT2D eigenvalue weighted by atomic mass is 10.0. The highest BCUT2D eigenvalue weighted by atomic mass is 16.5. The highest BCUT2D eigenvalue weighted by Gasteiger charge is 2.35. The van der Waals surface area contributed by atoms with Crippen LogP contribution in [0.5, 0.6) is 0 Å². The quantitative estimate of drug-likeness (QED) is 0.799. The van der Waals surface area contributed by atoms with Crippen LogP contribution in [0.25, 0.3) is 0 Å². The van der Waals surface area contributed by atoms with Gasteiger partial charge in [-0.1, -0.05) is 6.92 Å². The van der Waals surface area contributed by atoms with Gasteiger partial charge in [0.25, 0.3) is 5.91 Å². The lowest BCUT2D eigenvalue weighted by Crippen LogP contribution is -2.45. The predicted molar refractivity (Wildman–Crippen MR) is 74.5 cm³/mol. The molecular formula is C13H22N4O3. The molecule has 1 aromatic heterocycles. The van der Waals surface area contributed by atoms with E-state index in [9.17, 15) is 4.79 Å². The van der Waals surface area contributed by atoms with Crippen LogP contribution < -0.4 is 11.1 Å². The number of aromatic nitrogens is 2. The molecule has 1 aliphatic rings. The van der Waals surface area contributed by atoms with Gasteiger partial charge in [0, 0.05) is 33.7 Å². The first-order valence-corrected chi connectivity index (χ1v) is 6.75. The Morgan fingerprint density at radius 3 is 2.90 bits per heavy atom. The molecule has 7 heteroatoms. The van der Waals surface area contributed by atoms with E-state index in [0.717, 1.165) is 12.1 Å². The van der Waals surface area contributed by atoms with Crippen molar-refractivity contribution in [1.82, 2.24) is 15.1 Å². The number of anilines is 1. The smallest absolute Gasteiger partial charge is 0.271 e. The van der Waals surface area contributed by atoms with Crippen LogP contribution in [-0.2, 0) is 22.9 Å². The van der Waals surface area contributed by atoms with Crippen LogP contribution in [0.2, 0.25) is 0 Å². The SMILES string of the molecule is CCc1nn(C)c(C(=O)NCC2(OC)CCOC2)c1N. The first-order chi connectivity index (χ1) is 9.53. The fraction of sp³-hybridized carbons (Fsp3) is 0.692. The Kier molecular flexibility index (Phi) is 4.29. The zero-order valence-electron chi connectivity index (χ0n) is 12.2. The third-order valence-electron chi connectivity index (χ3n) is 3.78. The number of ether oxygens (including phenoxy) is 2. The van der Waals surface area contributed by atoms with Crippen LogP contribution in [0.15, 0.2) is 0 Å². The molecule has 0 aromatic carbocycles. The molecule has 2 heterocycles. The lowest BCUT2D eigenvalue weighted by molar-refractivity contribution is -0.0149. The van der Waals surface area contributed by atoms with Crippen molar-refractivity contribution in [2.24, 2.45) is 7.05 Å². The molecule has 1 saturated heterocycles. The molecule has 0 spiro atoms. The maximum Gasteiger partial charge on any atom is 0.271 e. The highest BCUT2D eigenvalue weighted by Crippen LogP contribution is 2.22. The van der Waals surface area contributed by atoms with Gasteiger partial charge >= 0.3 is 0 Å². The normalized spacial score (nSPS) is 22.1. The van der Waals surface area contributed by atoms with Crippen LogP contribution in [-0.4, -0.2) is 48.2 Å². The maximum atomic E-state index is 12.3. The molecular weight excluding hydrogens is 260 g/mol. The zero-order chi connectivity index (χ0) is 14.8. The van der Waals surface area contributed by atoms with Crippen molar-refractivity contribution < 1.29 is 14.3 Å². The molecule has 7 nitrogen and oxygen atoms in total. The Bertz CT molecular complexity index is 492. The van der Waals surface area contributed by atoms with Gasteiger partial charge in [0.1, 0.15) is 11.3 Å². The minimum absolute atomic E-state index is 0.236. The molecule has 0 aliphatic carbocycles. The summed E-state index contributed by atoms with van der Waals surface area (Å²) in [7, 11) is 3.35. The second kappa shape index (κ2) is 5.80. The summed E-state index contributed by atoms with van der Waals surface area (Å²) in [6.45, 7) is 3.49. The molecule has 0 saturated carbocycles. The molecule has 1 amide bonds. The third kappa shape index (κ3) is 2.64. The first kappa shape index (κ1) is 14.8. The van der Waals surface area contributed by atoms with Gasteiger partial charge in [-0.3, -0.25) is 9.48 Å². The number of aryl methyl sites for hydroxylation is 2. The molecule has 1 fully saturated rings. The van der Waals surface area contributed by atoms with Crippen LogP contribution in [0, 0.1) is 0 Å². The first-order valence-electron chi connectivity index (χ1n) is 6.75. The number of carbonyl (C=O) groups is 1.